The number of aliphatic carboxylic acids is 1. The topological polar surface area (TPSA) is 46.5 Å². The Labute approximate surface area is 104 Å². The molecule has 0 aromatic carbocycles. The highest BCUT2D eigenvalue weighted by molar-refractivity contribution is 5.87. The maximum atomic E-state index is 12.9. The van der Waals surface area contributed by atoms with Crippen LogP contribution in [0.15, 0.2) is 12.2 Å². The summed E-state index contributed by atoms with van der Waals surface area (Å²) in [6.45, 7) is 2.26. The molecule has 0 bridgehead atoms. The summed E-state index contributed by atoms with van der Waals surface area (Å²) in [6, 6.07) is 0. The Morgan fingerprint density at radius 2 is 1.45 bits per heavy atom. The normalized spacial score (nSPS) is 16.6. The zero-order chi connectivity index (χ0) is 16.5. The first-order chi connectivity index (χ1) is 8.64. The number of halogens is 9. The first-order valence-electron chi connectivity index (χ1n) is 4.35. The Kier molecular flexibility index (Phi) is 5.10. The number of carbonyl (C=O) groups is 1. The van der Waals surface area contributed by atoms with Crippen molar-refractivity contribution in [3.05, 3.63) is 12.2 Å². The van der Waals surface area contributed by atoms with Crippen molar-refractivity contribution in [1.29, 1.82) is 0 Å². The summed E-state index contributed by atoms with van der Waals surface area (Å²) in [5.74, 6) is -7.99. The lowest BCUT2D eigenvalue weighted by Gasteiger charge is -2.27. The predicted molar refractivity (Wildman–Crippen MR) is 43.6 cm³/mol. The Balaban J connectivity index is 5.14. The van der Waals surface area contributed by atoms with Gasteiger partial charge in [-0.25, -0.2) is 13.6 Å². The van der Waals surface area contributed by atoms with E-state index in [4.69, 9.17) is 5.11 Å². The maximum Gasteiger partial charge on any atom is 0.483 e. The van der Waals surface area contributed by atoms with Crippen molar-refractivity contribution in [2.45, 2.75) is 30.7 Å². The summed E-state index contributed by atoms with van der Waals surface area (Å²) in [5, 5.41) is 8.10. The quantitative estimate of drug-likeness (QED) is 0.604. The molecule has 0 aliphatic rings. The molecule has 1 N–H and O–H groups in total. The van der Waals surface area contributed by atoms with Crippen LogP contribution in [-0.4, -0.2) is 41.8 Å². The van der Waals surface area contributed by atoms with E-state index < -0.39 is 42.3 Å². The molecular weight excluding hydrogens is 315 g/mol. The SMILES string of the molecule is C=C(C(=O)O)C(F)C(F)(F)C(F)OC(F)(F)C(F)(F)F. The fourth-order valence-electron chi connectivity index (χ4n) is 0.731. The van der Waals surface area contributed by atoms with Gasteiger partial charge in [-0.2, -0.15) is 30.7 Å². The predicted octanol–water partition coefficient (Wildman–Crippen LogP) is 3.07. The molecule has 0 aliphatic carbocycles. The van der Waals surface area contributed by atoms with Gasteiger partial charge in [0.05, 0.1) is 5.57 Å². The van der Waals surface area contributed by atoms with Gasteiger partial charge < -0.3 is 5.11 Å². The Morgan fingerprint density at radius 1 is 1.05 bits per heavy atom. The average molecular weight is 320 g/mol. The van der Waals surface area contributed by atoms with Crippen LogP contribution < -0.4 is 0 Å². The molecule has 0 amide bonds. The summed E-state index contributed by atoms with van der Waals surface area (Å²) in [5.41, 5.74) is -1.95. The van der Waals surface area contributed by atoms with Gasteiger partial charge in [-0.1, -0.05) is 6.58 Å². The van der Waals surface area contributed by atoms with Crippen LogP contribution >= 0.6 is 0 Å². The molecule has 2 unspecified atom stereocenters. The highest BCUT2D eigenvalue weighted by Crippen LogP contribution is 2.41. The van der Waals surface area contributed by atoms with E-state index in [1.54, 1.807) is 0 Å². The number of carboxylic acids is 1. The standard InChI is InChI=1S/C8H5F9O3/c1-2(4(18)19)3(9)6(11,12)5(10)20-8(16,17)7(13,14)15/h3,5H,1H2,(H,18,19). The fourth-order valence-corrected chi connectivity index (χ4v) is 0.731. The molecule has 3 nitrogen and oxygen atoms in total. The van der Waals surface area contributed by atoms with Gasteiger partial charge in [-0.3, -0.25) is 4.74 Å². The molecule has 0 rings (SSSR count). The second-order valence-corrected chi connectivity index (χ2v) is 3.32. The van der Waals surface area contributed by atoms with Crippen LogP contribution in [0.3, 0.4) is 0 Å². The van der Waals surface area contributed by atoms with Crippen molar-refractivity contribution in [3.8, 4) is 0 Å². The molecule has 0 aromatic heterocycles. The van der Waals surface area contributed by atoms with Crippen molar-refractivity contribution in [1.82, 2.24) is 0 Å². The van der Waals surface area contributed by atoms with E-state index in [1.165, 1.54) is 0 Å². The number of carboxylic acid groups (broad SMARTS) is 1. The molecule has 0 radical (unpaired) electrons. The second-order valence-electron chi connectivity index (χ2n) is 3.32. The highest BCUT2D eigenvalue weighted by atomic mass is 19.4. The summed E-state index contributed by atoms with van der Waals surface area (Å²) in [6.07, 6.45) is -21.7. The van der Waals surface area contributed by atoms with E-state index in [9.17, 15) is 44.3 Å². The van der Waals surface area contributed by atoms with Crippen LogP contribution in [0.4, 0.5) is 39.5 Å². The molecule has 0 saturated heterocycles. The van der Waals surface area contributed by atoms with Crippen molar-refractivity contribution in [2.24, 2.45) is 0 Å². The van der Waals surface area contributed by atoms with E-state index in [1.807, 2.05) is 0 Å². The highest BCUT2D eigenvalue weighted by Gasteiger charge is 2.64. The molecule has 0 aliphatic heterocycles. The van der Waals surface area contributed by atoms with Crippen molar-refractivity contribution < 1.29 is 54.2 Å². The minimum Gasteiger partial charge on any atom is -0.478 e. The molecular formula is C8H5F9O3. The first kappa shape index (κ1) is 18.5. The van der Waals surface area contributed by atoms with Crippen LogP contribution in [0.1, 0.15) is 0 Å². The molecule has 20 heavy (non-hydrogen) atoms. The van der Waals surface area contributed by atoms with Gasteiger partial charge in [0.15, 0.2) is 0 Å². The molecule has 0 saturated carbocycles. The molecule has 0 heterocycles. The van der Waals surface area contributed by atoms with Crippen LogP contribution in [0.25, 0.3) is 0 Å². The third-order valence-corrected chi connectivity index (χ3v) is 1.80. The first-order valence-corrected chi connectivity index (χ1v) is 4.35. The number of hydrogen-bond donors (Lipinski definition) is 1. The fraction of sp³-hybridized carbons (Fsp3) is 0.625. The van der Waals surface area contributed by atoms with Crippen LogP contribution in [0, 0.1) is 0 Å². The minimum absolute atomic E-state index is 1.95. The van der Waals surface area contributed by atoms with E-state index in [0.717, 1.165) is 0 Å². The smallest absolute Gasteiger partial charge is 0.478 e. The van der Waals surface area contributed by atoms with Crippen molar-refractivity contribution in [2.75, 3.05) is 0 Å². The van der Waals surface area contributed by atoms with Gasteiger partial charge in [0.2, 0.25) is 6.17 Å². The number of rotatable bonds is 6. The summed E-state index contributed by atoms with van der Waals surface area (Å²) < 4.78 is 112. The summed E-state index contributed by atoms with van der Waals surface area (Å²) in [7, 11) is 0. The lowest BCUT2D eigenvalue weighted by atomic mass is 10.1. The van der Waals surface area contributed by atoms with Gasteiger partial charge in [-0.15, -0.1) is 0 Å². The largest absolute Gasteiger partial charge is 0.483 e. The monoisotopic (exact) mass is 320 g/mol. The van der Waals surface area contributed by atoms with E-state index in [2.05, 4.69) is 11.3 Å². The molecule has 0 spiro atoms. The lowest BCUT2D eigenvalue weighted by molar-refractivity contribution is -0.430. The second kappa shape index (κ2) is 5.50. The van der Waals surface area contributed by atoms with Gasteiger partial charge in [0.1, 0.15) is 0 Å². The molecule has 0 aromatic rings. The van der Waals surface area contributed by atoms with Crippen LogP contribution in [0.2, 0.25) is 0 Å². The number of hydrogen-bond acceptors (Lipinski definition) is 2. The van der Waals surface area contributed by atoms with Gasteiger partial charge in [0, 0.05) is 0 Å². The third-order valence-electron chi connectivity index (χ3n) is 1.80. The number of ether oxygens (including phenoxy) is 1. The van der Waals surface area contributed by atoms with Gasteiger partial charge in [-0.05, 0) is 0 Å². The van der Waals surface area contributed by atoms with Crippen molar-refractivity contribution >= 4 is 5.97 Å². The minimum atomic E-state index is -6.52. The molecule has 12 heteroatoms. The zero-order valence-corrected chi connectivity index (χ0v) is 9.03. The molecule has 118 valence electrons. The third kappa shape index (κ3) is 3.77. The van der Waals surface area contributed by atoms with Crippen LogP contribution in [-0.2, 0) is 9.53 Å². The molecule has 0 fully saturated rings. The summed E-state index contributed by atoms with van der Waals surface area (Å²) >= 11 is 0. The van der Waals surface area contributed by atoms with Crippen molar-refractivity contribution in [3.63, 3.8) is 0 Å². The maximum absolute atomic E-state index is 12.9. The number of alkyl halides is 9. The Bertz CT molecular complexity index is 389. The lowest BCUT2D eigenvalue weighted by Crippen LogP contribution is -2.50. The van der Waals surface area contributed by atoms with Gasteiger partial charge in [0.25, 0.3) is 6.36 Å². The summed E-state index contributed by atoms with van der Waals surface area (Å²) in [4.78, 5) is 10.1. The molecule has 2 atom stereocenters. The Hall–Kier alpha value is -1.46. The van der Waals surface area contributed by atoms with Crippen LogP contribution in [0.5, 0.6) is 0 Å². The average Bonchev–Trinajstić information content (AvgIpc) is 2.24. The van der Waals surface area contributed by atoms with Gasteiger partial charge >= 0.3 is 24.2 Å². The zero-order valence-electron chi connectivity index (χ0n) is 9.03. The van der Waals surface area contributed by atoms with E-state index in [0.29, 0.717) is 0 Å². The Morgan fingerprint density at radius 3 is 1.75 bits per heavy atom. The van der Waals surface area contributed by atoms with E-state index in [-0.39, 0.29) is 0 Å². The van der Waals surface area contributed by atoms with E-state index >= 15 is 0 Å².